The number of hydrogen-bond donors (Lipinski definition) is 1. The predicted molar refractivity (Wildman–Crippen MR) is 114 cm³/mol. The summed E-state index contributed by atoms with van der Waals surface area (Å²) in [5.41, 5.74) is 2.33. The molecule has 148 valence electrons. The van der Waals surface area contributed by atoms with Gasteiger partial charge in [-0.1, -0.05) is 48.0 Å². The van der Waals surface area contributed by atoms with E-state index in [0.29, 0.717) is 23.9 Å². The van der Waals surface area contributed by atoms with Crippen molar-refractivity contribution in [3.8, 4) is 11.3 Å². The van der Waals surface area contributed by atoms with Crippen molar-refractivity contribution in [2.24, 2.45) is 0 Å². The minimum atomic E-state index is -0.349. The number of aromatic amines is 1. The molecule has 7 heteroatoms. The molecule has 1 saturated heterocycles. The zero-order valence-electron chi connectivity index (χ0n) is 15.3. The van der Waals surface area contributed by atoms with Gasteiger partial charge in [0.2, 0.25) is 0 Å². The van der Waals surface area contributed by atoms with Crippen LogP contribution < -0.4 is 0 Å². The molecule has 0 radical (unpaired) electrons. The highest BCUT2D eigenvalue weighted by Crippen LogP contribution is 2.33. The van der Waals surface area contributed by atoms with Crippen molar-refractivity contribution in [1.29, 1.82) is 0 Å². The zero-order valence-corrected chi connectivity index (χ0v) is 16.9. The summed E-state index contributed by atoms with van der Waals surface area (Å²) < 4.78 is 10.9. The van der Waals surface area contributed by atoms with Gasteiger partial charge in [-0.3, -0.25) is 4.90 Å². The van der Waals surface area contributed by atoms with Gasteiger partial charge in [-0.05, 0) is 17.7 Å². The van der Waals surface area contributed by atoms with Crippen molar-refractivity contribution in [3.63, 3.8) is 0 Å². The summed E-state index contributed by atoms with van der Waals surface area (Å²) in [5.74, 6) is -0.349. The van der Waals surface area contributed by atoms with Crippen LogP contribution in [0.25, 0.3) is 22.0 Å². The van der Waals surface area contributed by atoms with Crippen LogP contribution >= 0.6 is 24.0 Å². The zero-order chi connectivity index (χ0) is 18.6. The van der Waals surface area contributed by atoms with E-state index >= 15 is 0 Å². The Bertz CT molecular complexity index is 937. The fraction of sp³-hybridized carbons (Fsp3) is 0.286. The molecular weight excluding hydrogens is 399 g/mol. The van der Waals surface area contributed by atoms with Gasteiger partial charge in [0.05, 0.1) is 18.9 Å². The molecule has 28 heavy (non-hydrogen) atoms. The number of ether oxygens (including phenoxy) is 2. The lowest BCUT2D eigenvalue weighted by Gasteiger charge is -2.26. The third-order valence-electron chi connectivity index (χ3n) is 4.78. The molecule has 1 aliphatic heterocycles. The van der Waals surface area contributed by atoms with Crippen molar-refractivity contribution < 1.29 is 14.3 Å². The lowest BCUT2D eigenvalue weighted by Crippen LogP contribution is -2.38. The molecule has 1 aromatic heterocycles. The number of aromatic nitrogens is 1. The molecule has 0 saturated carbocycles. The topological polar surface area (TPSA) is 54.6 Å². The maximum absolute atomic E-state index is 12.7. The molecule has 2 aromatic carbocycles. The summed E-state index contributed by atoms with van der Waals surface area (Å²) in [6.07, 6.45) is 0. The molecule has 4 rings (SSSR count). The SMILES string of the molecule is Cl.O=C(OCCN1CCOCC1)c1[nH]c(-c2ccccc2)c2cc(Cl)ccc12. The van der Waals surface area contributed by atoms with Crippen LogP contribution in [0.4, 0.5) is 0 Å². The standard InChI is InChI=1S/C21H21ClN2O3.ClH/c22-16-6-7-17-18(14-16)19(15-4-2-1-3-5-15)23-20(17)21(25)27-13-10-24-8-11-26-12-9-24;/h1-7,14,23H,8-13H2;1H. The largest absolute Gasteiger partial charge is 0.460 e. The molecule has 0 spiro atoms. The number of halogens is 2. The van der Waals surface area contributed by atoms with Gasteiger partial charge in [0, 0.05) is 35.4 Å². The fourth-order valence-electron chi connectivity index (χ4n) is 3.36. The molecule has 2 heterocycles. The Kier molecular flexibility index (Phi) is 6.97. The van der Waals surface area contributed by atoms with Crippen molar-refractivity contribution in [2.45, 2.75) is 0 Å². The second-order valence-corrected chi connectivity index (χ2v) is 6.96. The van der Waals surface area contributed by atoms with Crippen LogP contribution in [-0.4, -0.2) is 55.3 Å². The van der Waals surface area contributed by atoms with E-state index in [2.05, 4.69) is 9.88 Å². The van der Waals surface area contributed by atoms with E-state index in [1.807, 2.05) is 42.5 Å². The number of esters is 1. The Labute approximate surface area is 175 Å². The molecule has 1 fully saturated rings. The van der Waals surface area contributed by atoms with Crippen molar-refractivity contribution in [2.75, 3.05) is 39.5 Å². The Morgan fingerprint density at radius 2 is 1.86 bits per heavy atom. The summed E-state index contributed by atoms with van der Waals surface area (Å²) in [7, 11) is 0. The Morgan fingerprint density at radius 1 is 1.11 bits per heavy atom. The number of carbonyl (C=O) groups is 1. The van der Waals surface area contributed by atoms with Crippen molar-refractivity contribution in [1.82, 2.24) is 9.88 Å². The lowest BCUT2D eigenvalue weighted by atomic mass is 10.1. The average Bonchev–Trinajstić information content (AvgIpc) is 3.08. The molecule has 5 nitrogen and oxygen atoms in total. The first-order chi connectivity index (χ1) is 13.2. The summed E-state index contributed by atoms with van der Waals surface area (Å²) >= 11 is 6.19. The van der Waals surface area contributed by atoms with Crippen LogP contribution in [0, 0.1) is 0 Å². The second-order valence-electron chi connectivity index (χ2n) is 6.52. The molecule has 0 bridgehead atoms. The van der Waals surface area contributed by atoms with Crippen LogP contribution in [0.15, 0.2) is 48.5 Å². The second kappa shape index (κ2) is 9.43. The predicted octanol–water partition coefficient (Wildman–Crippen LogP) is 4.40. The highest BCUT2D eigenvalue weighted by Gasteiger charge is 2.19. The van der Waals surface area contributed by atoms with Gasteiger partial charge in [0.25, 0.3) is 0 Å². The molecule has 1 aliphatic rings. The third-order valence-corrected chi connectivity index (χ3v) is 5.02. The quantitative estimate of drug-likeness (QED) is 0.621. The Balaban J connectivity index is 0.00000225. The number of nitrogens with one attached hydrogen (secondary N) is 1. The molecule has 0 atom stereocenters. The summed E-state index contributed by atoms with van der Waals surface area (Å²) in [5, 5.41) is 2.36. The van der Waals surface area contributed by atoms with Crippen LogP contribution in [0.1, 0.15) is 10.5 Å². The van der Waals surface area contributed by atoms with E-state index in [0.717, 1.165) is 48.3 Å². The van der Waals surface area contributed by atoms with Gasteiger partial charge in [0.15, 0.2) is 0 Å². The number of H-pyrrole nitrogens is 1. The normalized spacial score (nSPS) is 14.6. The molecule has 0 amide bonds. The van der Waals surface area contributed by atoms with Crippen LogP contribution in [-0.2, 0) is 9.47 Å². The van der Waals surface area contributed by atoms with Gasteiger partial charge in [-0.15, -0.1) is 12.4 Å². The first-order valence-electron chi connectivity index (χ1n) is 9.06. The number of hydrogen-bond acceptors (Lipinski definition) is 4. The molecule has 0 unspecified atom stereocenters. The van der Waals surface area contributed by atoms with Crippen molar-refractivity contribution >= 4 is 40.7 Å². The summed E-state index contributed by atoms with van der Waals surface area (Å²) in [4.78, 5) is 18.2. The number of fused-ring (bicyclic) bond motifs is 1. The van der Waals surface area contributed by atoms with Gasteiger partial charge in [-0.25, -0.2) is 4.79 Å². The Morgan fingerprint density at radius 3 is 2.61 bits per heavy atom. The van der Waals surface area contributed by atoms with Gasteiger partial charge >= 0.3 is 5.97 Å². The highest BCUT2D eigenvalue weighted by atomic mass is 35.5. The van der Waals surface area contributed by atoms with Crippen molar-refractivity contribution in [3.05, 3.63) is 59.2 Å². The molecular formula is C21H22Cl2N2O3. The van der Waals surface area contributed by atoms with Crippen LogP contribution in [0.3, 0.4) is 0 Å². The summed E-state index contributed by atoms with van der Waals surface area (Å²) in [6, 6.07) is 15.4. The number of morpholine rings is 1. The lowest BCUT2D eigenvalue weighted by molar-refractivity contribution is 0.0194. The number of rotatable bonds is 5. The minimum Gasteiger partial charge on any atom is -0.460 e. The van der Waals surface area contributed by atoms with E-state index in [-0.39, 0.29) is 18.4 Å². The molecule has 3 aromatic rings. The highest BCUT2D eigenvalue weighted by molar-refractivity contribution is 6.31. The van der Waals surface area contributed by atoms with E-state index in [1.165, 1.54) is 0 Å². The van der Waals surface area contributed by atoms with E-state index in [1.54, 1.807) is 6.07 Å². The van der Waals surface area contributed by atoms with Gasteiger partial charge in [0.1, 0.15) is 12.3 Å². The maximum Gasteiger partial charge on any atom is 0.355 e. The Hall–Kier alpha value is -2.05. The third kappa shape index (κ3) is 4.50. The minimum absolute atomic E-state index is 0. The number of carbonyl (C=O) groups excluding carboxylic acids is 1. The summed E-state index contributed by atoms with van der Waals surface area (Å²) in [6.45, 7) is 4.28. The fourth-order valence-corrected chi connectivity index (χ4v) is 3.53. The van der Waals surface area contributed by atoms with Gasteiger partial charge in [-0.2, -0.15) is 0 Å². The average molecular weight is 421 g/mol. The first-order valence-corrected chi connectivity index (χ1v) is 9.44. The monoisotopic (exact) mass is 420 g/mol. The van der Waals surface area contributed by atoms with E-state index in [4.69, 9.17) is 21.1 Å². The maximum atomic E-state index is 12.7. The van der Waals surface area contributed by atoms with Gasteiger partial charge < -0.3 is 14.5 Å². The van der Waals surface area contributed by atoms with E-state index < -0.39 is 0 Å². The number of benzene rings is 2. The number of nitrogens with zero attached hydrogens (tertiary/aromatic N) is 1. The molecule has 1 N–H and O–H groups in total. The first kappa shape index (κ1) is 20.7. The van der Waals surface area contributed by atoms with Crippen LogP contribution in [0.2, 0.25) is 5.02 Å². The van der Waals surface area contributed by atoms with E-state index in [9.17, 15) is 4.79 Å². The smallest absolute Gasteiger partial charge is 0.355 e. The molecule has 0 aliphatic carbocycles. The van der Waals surface area contributed by atoms with Crippen LogP contribution in [0.5, 0.6) is 0 Å².